The summed E-state index contributed by atoms with van der Waals surface area (Å²) in [5, 5.41) is 13.8. The normalized spacial score (nSPS) is 11.6. The molecule has 0 aliphatic carbocycles. The average Bonchev–Trinajstić information content (AvgIpc) is 3.22. The van der Waals surface area contributed by atoms with E-state index >= 15 is 0 Å². The van der Waals surface area contributed by atoms with Crippen LogP contribution in [0.3, 0.4) is 0 Å². The number of pyridine rings is 2. The molecule has 3 heterocycles. The number of benzene rings is 3. The first-order valence-electron chi connectivity index (χ1n) is 12.2. The van der Waals surface area contributed by atoms with Gasteiger partial charge in [-0.2, -0.15) is 30.3 Å². The summed E-state index contributed by atoms with van der Waals surface area (Å²) in [7, 11) is 0. The molecular formula is C32H26N3OPtS-. The molecule has 38 heavy (non-hydrogen) atoms. The van der Waals surface area contributed by atoms with E-state index in [0.717, 1.165) is 43.2 Å². The van der Waals surface area contributed by atoms with E-state index in [1.165, 1.54) is 5.56 Å². The van der Waals surface area contributed by atoms with E-state index in [1.54, 1.807) is 17.8 Å². The van der Waals surface area contributed by atoms with Crippen molar-refractivity contribution in [2.75, 3.05) is 0 Å². The Hall–Kier alpha value is -3.40. The molecule has 0 fully saturated rings. The molecule has 4 nitrogen and oxygen atoms in total. The van der Waals surface area contributed by atoms with Crippen LogP contribution in [0.15, 0.2) is 107 Å². The SMILES string of the molecule is CC(C)(C)c1cc(Sc2[c-]cccc2)nc(-c2ccc3c4ccccc4n(-c4ccccc4O)c3n2)c1.[Pt]. The molecule has 0 spiro atoms. The molecule has 0 aliphatic rings. The summed E-state index contributed by atoms with van der Waals surface area (Å²) in [6, 6.07) is 35.3. The maximum Gasteiger partial charge on any atom is 0.146 e. The molecule has 0 bridgehead atoms. The zero-order valence-corrected chi connectivity index (χ0v) is 24.3. The van der Waals surface area contributed by atoms with Gasteiger partial charge >= 0.3 is 0 Å². The molecule has 0 unspecified atom stereocenters. The molecule has 0 saturated heterocycles. The monoisotopic (exact) mass is 695 g/mol. The third kappa shape index (κ3) is 4.89. The fourth-order valence-electron chi connectivity index (χ4n) is 4.55. The third-order valence-electron chi connectivity index (χ3n) is 6.47. The number of phenolic OH excluding ortho intramolecular Hbond substituents is 1. The number of phenols is 1. The second-order valence-electron chi connectivity index (χ2n) is 10.1. The molecule has 0 radical (unpaired) electrons. The first-order valence-corrected chi connectivity index (χ1v) is 13.1. The quantitative estimate of drug-likeness (QED) is 0.189. The van der Waals surface area contributed by atoms with Gasteiger partial charge in [0.15, 0.2) is 0 Å². The number of hydrogen-bond acceptors (Lipinski definition) is 4. The van der Waals surface area contributed by atoms with Crippen LogP contribution in [-0.2, 0) is 26.5 Å². The van der Waals surface area contributed by atoms with E-state index in [1.807, 2.05) is 65.2 Å². The van der Waals surface area contributed by atoms with Crippen LogP contribution in [0.1, 0.15) is 26.3 Å². The van der Waals surface area contributed by atoms with Gasteiger partial charge in [-0.1, -0.05) is 67.8 Å². The van der Waals surface area contributed by atoms with Crippen molar-refractivity contribution in [1.82, 2.24) is 14.5 Å². The molecule has 0 amide bonds. The fourth-order valence-corrected chi connectivity index (χ4v) is 5.38. The number of fused-ring (bicyclic) bond motifs is 3. The number of aromatic hydroxyl groups is 1. The van der Waals surface area contributed by atoms with Gasteiger partial charge in [0.25, 0.3) is 0 Å². The predicted octanol–water partition coefficient (Wildman–Crippen LogP) is 8.19. The minimum Gasteiger partial charge on any atom is -0.506 e. The van der Waals surface area contributed by atoms with Gasteiger partial charge in [-0.25, -0.2) is 9.97 Å². The third-order valence-corrected chi connectivity index (χ3v) is 7.36. The number of rotatable bonds is 4. The van der Waals surface area contributed by atoms with Crippen molar-refractivity contribution in [2.45, 2.75) is 36.1 Å². The van der Waals surface area contributed by atoms with Crippen LogP contribution in [0.4, 0.5) is 0 Å². The van der Waals surface area contributed by atoms with E-state index in [9.17, 15) is 5.11 Å². The molecule has 3 aromatic heterocycles. The van der Waals surface area contributed by atoms with Crippen LogP contribution >= 0.6 is 11.8 Å². The van der Waals surface area contributed by atoms with E-state index in [0.29, 0.717) is 5.69 Å². The summed E-state index contributed by atoms with van der Waals surface area (Å²) in [5.41, 5.74) is 5.23. The van der Waals surface area contributed by atoms with Crippen molar-refractivity contribution in [3.63, 3.8) is 0 Å². The number of nitrogens with zero attached hydrogens (tertiary/aromatic N) is 3. The molecular weight excluding hydrogens is 670 g/mol. The van der Waals surface area contributed by atoms with Gasteiger partial charge in [-0.3, -0.25) is 4.57 Å². The Morgan fingerprint density at radius 1 is 0.789 bits per heavy atom. The van der Waals surface area contributed by atoms with Crippen molar-refractivity contribution in [2.24, 2.45) is 0 Å². The molecule has 0 saturated carbocycles. The minimum atomic E-state index is -0.0533. The fraction of sp³-hybridized carbons (Fsp3) is 0.125. The first-order chi connectivity index (χ1) is 17.9. The number of hydrogen-bond donors (Lipinski definition) is 1. The van der Waals surface area contributed by atoms with Crippen LogP contribution in [0.25, 0.3) is 39.0 Å². The van der Waals surface area contributed by atoms with Gasteiger partial charge < -0.3 is 5.11 Å². The molecule has 3 aromatic carbocycles. The van der Waals surface area contributed by atoms with Gasteiger partial charge in [0.05, 0.1) is 27.6 Å². The maximum absolute atomic E-state index is 10.7. The first kappa shape index (κ1) is 26.2. The Kier molecular flexibility index (Phi) is 7.17. The van der Waals surface area contributed by atoms with E-state index in [-0.39, 0.29) is 32.2 Å². The smallest absolute Gasteiger partial charge is 0.146 e. The Bertz CT molecular complexity index is 1760. The number of para-hydroxylation sites is 3. The van der Waals surface area contributed by atoms with Gasteiger partial charge in [0.1, 0.15) is 11.4 Å². The van der Waals surface area contributed by atoms with Crippen molar-refractivity contribution in [3.8, 4) is 22.8 Å². The summed E-state index contributed by atoms with van der Waals surface area (Å²) in [6.07, 6.45) is 0. The van der Waals surface area contributed by atoms with E-state index in [2.05, 4.69) is 57.2 Å². The Morgan fingerprint density at radius 2 is 1.55 bits per heavy atom. The standard InChI is InChI=1S/C32H26N3OS.Pt/c1-32(2,3)21-19-26(33-30(20-21)37-22-11-5-4-6-12-22)25-18-17-24-23-13-7-8-14-27(23)35(31(24)34-25)28-15-9-10-16-29(28)36;/h4-11,13-20,36H,1-3H3;/q-1;. The van der Waals surface area contributed by atoms with Crippen LogP contribution < -0.4 is 0 Å². The second-order valence-corrected chi connectivity index (χ2v) is 11.1. The van der Waals surface area contributed by atoms with Gasteiger partial charge in [0, 0.05) is 31.8 Å². The Balaban J connectivity index is 0.00000294. The maximum atomic E-state index is 10.7. The van der Waals surface area contributed by atoms with Gasteiger partial charge in [-0.15, -0.1) is 0 Å². The van der Waals surface area contributed by atoms with Crippen molar-refractivity contribution >= 4 is 33.7 Å². The van der Waals surface area contributed by atoms with Crippen LogP contribution in [-0.4, -0.2) is 19.6 Å². The topological polar surface area (TPSA) is 50.9 Å². The Morgan fingerprint density at radius 3 is 2.32 bits per heavy atom. The largest absolute Gasteiger partial charge is 0.506 e. The van der Waals surface area contributed by atoms with Gasteiger partial charge in [0.2, 0.25) is 0 Å². The molecule has 0 atom stereocenters. The van der Waals surface area contributed by atoms with Crippen LogP contribution in [0.5, 0.6) is 5.75 Å². The zero-order chi connectivity index (χ0) is 25.6. The number of aromatic nitrogens is 3. The molecule has 6 heteroatoms. The average molecular weight is 696 g/mol. The summed E-state index contributed by atoms with van der Waals surface area (Å²) >= 11 is 1.60. The Labute approximate surface area is 241 Å². The summed E-state index contributed by atoms with van der Waals surface area (Å²) < 4.78 is 2.03. The summed E-state index contributed by atoms with van der Waals surface area (Å²) in [6.45, 7) is 6.63. The minimum absolute atomic E-state index is 0. The second kappa shape index (κ2) is 10.4. The van der Waals surface area contributed by atoms with Crippen molar-refractivity contribution in [1.29, 1.82) is 0 Å². The molecule has 0 aliphatic heterocycles. The van der Waals surface area contributed by atoms with E-state index < -0.39 is 0 Å². The zero-order valence-electron chi connectivity index (χ0n) is 21.3. The van der Waals surface area contributed by atoms with Gasteiger partial charge in [-0.05, 0) is 53.4 Å². The molecule has 6 aromatic rings. The predicted molar refractivity (Wildman–Crippen MR) is 152 cm³/mol. The summed E-state index contributed by atoms with van der Waals surface area (Å²) in [5.74, 6) is 0.211. The molecule has 6 rings (SSSR count). The molecule has 1 N–H and O–H groups in total. The van der Waals surface area contributed by atoms with Crippen molar-refractivity contribution in [3.05, 3.63) is 109 Å². The van der Waals surface area contributed by atoms with Crippen LogP contribution in [0.2, 0.25) is 0 Å². The van der Waals surface area contributed by atoms with E-state index in [4.69, 9.17) is 9.97 Å². The summed E-state index contributed by atoms with van der Waals surface area (Å²) in [4.78, 5) is 11.2. The van der Waals surface area contributed by atoms with Crippen LogP contribution in [0, 0.1) is 6.07 Å². The molecule has 192 valence electrons. The van der Waals surface area contributed by atoms with Crippen molar-refractivity contribution < 1.29 is 26.2 Å².